The third kappa shape index (κ3) is 3.91. The molecule has 0 fully saturated rings. The first-order valence-corrected chi connectivity index (χ1v) is 5.88. The van der Waals surface area contributed by atoms with Gasteiger partial charge in [0.25, 0.3) is 5.69 Å². The third-order valence-electron chi connectivity index (χ3n) is 2.73. The van der Waals surface area contributed by atoms with Crippen LogP contribution in [0.15, 0.2) is 12.3 Å². The molecule has 0 saturated heterocycles. The van der Waals surface area contributed by atoms with Gasteiger partial charge >= 0.3 is 5.97 Å². The molecule has 0 bridgehead atoms. The normalized spacial score (nSPS) is 11.7. The number of hydrogen-bond donors (Lipinski definition) is 2. The summed E-state index contributed by atoms with van der Waals surface area (Å²) in [5.41, 5.74) is -0.276. The number of carbonyl (C=O) groups is 1. The van der Waals surface area contributed by atoms with E-state index in [0.29, 0.717) is 0 Å². The molecule has 8 heteroatoms. The van der Waals surface area contributed by atoms with Crippen molar-refractivity contribution in [2.75, 3.05) is 5.32 Å². The van der Waals surface area contributed by atoms with Crippen LogP contribution in [0.3, 0.4) is 0 Å². The first kappa shape index (κ1) is 15.4. The number of carboxylic acids is 1. The van der Waals surface area contributed by atoms with Crippen molar-refractivity contribution in [1.29, 1.82) is 5.26 Å². The minimum Gasteiger partial charge on any atom is -0.481 e. The highest BCUT2D eigenvalue weighted by molar-refractivity contribution is 5.68. The SMILES string of the molecule is CC(C)C(CC(=O)O)Nc1ncc([N+](=O)[O-])cc1C#N. The Morgan fingerprint density at radius 3 is 2.75 bits per heavy atom. The average Bonchev–Trinajstić information content (AvgIpc) is 2.37. The molecule has 20 heavy (non-hydrogen) atoms. The highest BCUT2D eigenvalue weighted by Crippen LogP contribution is 2.21. The molecule has 1 rings (SSSR count). The Hall–Kier alpha value is -2.69. The molecule has 106 valence electrons. The zero-order valence-electron chi connectivity index (χ0n) is 11.0. The first-order valence-electron chi connectivity index (χ1n) is 5.88. The molecule has 0 aromatic carbocycles. The van der Waals surface area contributed by atoms with Gasteiger partial charge < -0.3 is 10.4 Å². The smallest absolute Gasteiger partial charge is 0.305 e. The Labute approximate surface area is 115 Å². The number of aliphatic carboxylic acids is 1. The van der Waals surface area contributed by atoms with E-state index >= 15 is 0 Å². The van der Waals surface area contributed by atoms with Crippen LogP contribution < -0.4 is 5.32 Å². The lowest BCUT2D eigenvalue weighted by atomic mass is 10.0. The van der Waals surface area contributed by atoms with Crippen LogP contribution in [0.4, 0.5) is 11.5 Å². The molecule has 0 radical (unpaired) electrons. The van der Waals surface area contributed by atoms with Crippen LogP contribution in [0.25, 0.3) is 0 Å². The summed E-state index contributed by atoms with van der Waals surface area (Å²) in [6, 6.07) is 2.49. The number of nitriles is 1. The summed E-state index contributed by atoms with van der Waals surface area (Å²) in [6.07, 6.45) is 0.891. The van der Waals surface area contributed by atoms with Gasteiger partial charge in [-0.05, 0) is 5.92 Å². The van der Waals surface area contributed by atoms with E-state index in [1.165, 1.54) is 0 Å². The Balaban J connectivity index is 3.04. The van der Waals surface area contributed by atoms with Crippen molar-refractivity contribution in [3.63, 3.8) is 0 Å². The Bertz CT molecular complexity index is 565. The topological polar surface area (TPSA) is 129 Å². The standard InChI is InChI=1S/C12H14N4O4/c1-7(2)10(4-11(17)18)15-12-8(5-13)3-9(6-14-12)16(19)20/h3,6-7,10H,4H2,1-2H3,(H,14,15)(H,17,18). The Morgan fingerprint density at radius 2 is 2.30 bits per heavy atom. The van der Waals surface area contributed by atoms with Crippen LogP contribution in [-0.4, -0.2) is 27.0 Å². The number of aromatic nitrogens is 1. The molecular weight excluding hydrogens is 264 g/mol. The van der Waals surface area contributed by atoms with Gasteiger partial charge in [-0.2, -0.15) is 5.26 Å². The minimum absolute atomic E-state index is 0.00497. The molecule has 1 atom stereocenters. The van der Waals surface area contributed by atoms with Gasteiger partial charge in [0.1, 0.15) is 23.6 Å². The van der Waals surface area contributed by atoms with Crippen LogP contribution in [0.1, 0.15) is 25.8 Å². The van der Waals surface area contributed by atoms with Crippen LogP contribution in [0, 0.1) is 27.4 Å². The van der Waals surface area contributed by atoms with E-state index in [2.05, 4.69) is 10.3 Å². The molecule has 0 saturated carbocycles. The molecule has 0 amide bonds. The predicted octanol–water partition coefficient (Wildman–Crippen LogP) is 1.77. The lowest BCUT2D eigenvalue weighted by Gasteiger charge is -2.21. The average molecular weight is 278 g/mol. The predicted molar refractivity (Wildman–Crippen MR) is 70.1 cm³/mol. The van der Waals surface area contributed by atoms with Gasteiger partial charge in [-0.3, -0.25) is 14.9 Å². The van der Waals surface area contributed by atoms with Crippen molar-refractivity contribution in [2.45, 2.75) is 26.3 Å². The summed E-state index contributed by atoms with van der Waals surface area (Å²) < 4.78 is 0. The molecule has 8 nitrogen and oxygen atoms in total. The van der Waals surface area contributed by atoms with Crippen molar-refractivity contribution >= 4 is 17.5 Å². The van der Waals surface area contributed by atoms with Crippen LogP contribution >= 0.6 is 0 Å². The minimum atomic E-state index is -0.975. The molecule has 1 heterocycles. The van der Waals surface area contributed by atoms with E-state index in [0.717, 1.165) is 12.3 Å². The molecule has 0 aliphatic heterocycles. The fraction of sp³-hybridized carbons (Fsp3) is 0.417. The lowest BCUT2D eigenvalue weighted by molar-refractivity contribution is -0.385. The zero-order valence-corrected chi connectivity index (χ0v) is 11.0. The fourth-order valence-corrected chi connectivity index (χ4v) is 1.57. The molecule has 1 aromatic heterocycles. The highest BCUT2D eigenvalue weighted by atomic mass is 16.6. The largest absolute Gasteiger partial charge is 0.481 e. The molecule has 1 unspecified atom stereocenters. The maximum atomic E-state index is 10.8. The van der Waals surface area contributed by atoms with Crippen molar-refractivity contribution in [2.24, 2.45) is 5.92 Å². The quantitative estimate of drug-likeness (QED) is 0.599. The summed E-state index contributed by atoms with van der Waals surface area (Å²) in [7, 11) is 0. The van der Waals surface area contributed by atoms with Gasteiger partial charge in [0.15, 0.2) is 0 Å². The van der Waals surface area contributed by atoms with Crippen LogP contribution in [-0.2, 0) is 4.79 Å². The molecule has 0 spiro atoms. The number of pyridine rings is 1. The number of anilines is 1. The molecule has 2 N–H and O–H groups in total. The zero-order chi connectivity index (χ0) is 15.3. The van der Waals surface area contributed by atoms with Crippen molar-refractivity contribution in [3.8, 4) is 6.07 Å². The fourth-order valence-electron chi connectivity index (χ4n) is 1.57. The lowest BCUT2D eigenvalue weighted by Crippen LogP contribution is -2.29. The maximum absolute atomic E-state index is 10.8. The van der Waals surface area contributed by atoms with Crippen molar-refractivity contribution in [3.05, 3.63) is 27.9 Å². The second kappa shape index (κ2) is 6.47. The van der Waals surface area contributed by atoms with E-state index in [-0.39, 0.29) is 29.4 Å². The van der Waals surface area contributed by atoms with Gasteiger partial charge in [0, 0.05) is 12.1 Å². The summed E-state index contributed by atoms with van der Waals surface area (Å²) in [5.74, 6) is -0.829. The number of hydrogen-bond acceptors (Lipinski definition) is 6. The van der Waals surface area contributed by atoms with Gasteiger partial charge in [0.05, 0.1) is 11.3 Å². The second-order valence-electron chi connectivity index (χ2n) is 4.55. The maximum Gasteiger partial charge on any atom is 0.305 e. The molecule has 1 aromatic rings. The van der Waals surface area contributed by atoms with E-state index in [4.69, 9.17) is 10.4 Å². The third-order valence-corrected chi connectivity index (χ3v) is 2.73. The van der Waals surface area contributed by atoms with Crippen LogP contribution in [0.5, 0.6) is 0 Å². The number of nitrogens with one attached hydrogen (secondary N) is 1. The summed E-state index contributed by atoms with van der Waals surface area (Å²) in [4.78, 5) is 24.6. The molecule has 0 aliphatic carbocycles. The van der Waals surface area contributed by atoms with E-state index in [1.807, 2.05) is 19.9 Å². The second-order valence-corrected chi connectivity index (χ2v) is 4.55. The summed E-state index contributed by atoms with van der Waals surface area (Å²) >= 11 is 0. The van der Waals surface area contributed by atoms with Gasteiger partial charge in [-0.25, -0.2) is 4.98 Å². The first-order chi connectivity index (χ1) is 9.35. The Kier molecular flexibility index (Phi) is 4.97. The highest BCUT2D eigenvalue weighted by Gasteiger charge is 2.20. The van der Waals surface area contributed by atoms with Crippen LogP contribution in [0.2, 0.25) is 0 Å². The molecular formula is C12H14N4O4. The van der Waals surface area contributed by atoms with E-state index < -0.39 is 16.9 Å². The number of rotatable bonds is 6. The Morgan fingerprint density at radius 1 is 1.65 bits per heavy atom. The monoisotopic (exact) mass is 278 g/mol. The summed E-state index contributed by atoms with van der Waals surface area (Å²) in [5, 5.41) is 31.3. The van der Waals surface area contributed by atoms with Crippen molar-refractivity contribution in [1.82, 2.24) is 4.98 Å². The van der Waals surface area contributed by atoms with E-state index in [1.54, 1.807) is 0 Å². The van der Waals surface area contributed by atoms with Gasteiger partial charge in [-0.1, -0.05) is 13.8 Å². The van der Waals surface area contributed by atoms with Gasteiger partial charge in [0.2, 0.25) is 0 Å². The number of carboxylic acid groups (broad SMARTS) is 1. The summed E-state index contributed by atoms with van der Waals surface area (Å²) in [6.45, 7) is 3.66. The van der Waals surface area contributed by atoms with Crippen molar-refractivity contribution < 1.29 is 14.8 Å². The number of nitrogens with zero attached hydrogens (tertiary/aromatic N) is 3. The number of nitro groups is 1. The van der Waals surface area contributed by atoms with E-state index in [9.17, 15) is 14.9 Å². The molecule has 0 aliphatic rings. The van der Waals surface area contributed by atoms with Gasteiger partial charge in [-0.15, -0.1) is 0 Å².